The molecular formula is C50H68N6O9S. The van der Waals surface area contributed by atoms with Gasteiger partial charge in [0.05, 0.1) is 29.0 Å². The van der Waals surface area contributed by atoms with Crippen LogP contribution in [0.5, 0.6) is 11.6 Å². The molecule has 1 aromatic heterocycles. The number of hydrogen-bond donors (Lipinski definition) is 3. The highest BCUT2D eigenvalue weighted by atomic mass is 32.2. The Kier molecular flexibility index (Phi) is 13.7. The molecule has 2 saturated heterocycles. The fraction of sp³-hybridized carbons (Fsp3) is 0.660. The van der Waals surface area contributed by atoms with Gasteiger partial charge in [0.1, 0.15) is 35.6 Å². The predicted octanol–water partition coefficient (Wildman–Crippen LogP) is 6.24. The lowest BCUT2D eigenvalue weighted by molar-refractivity contribution is -0.142. The third kappa shape index (κ3) is 9.82. The van der Waals surface area contributed by atoms with E-state index in [1.807, 2.05) is 24.3 Å². The van der Waals surface area contributed by atoms with Crippen molar-refractivity contribution in [2.75, 3.05) is 32.8 Å². The predicted molar refractivity (Wildman–Crippen MR) is 249 cm³/mol. The van der Waals surface area contributed by atoms with Crippen LogP contribution in [0.25, 0.3) is 10.9 Å². The summed E-state index contributed by atoms with van der Waals surface area (Å²) in [6.07, 6.45) is 17.9. The standard InChI is InChI=1S/C50H68N6O9S/c1-3-35-31-50(35,47(59)54-66(61,62)49(2)24-25-49)53-44(57)40-30-36-32-56(40)46(58)42(34-17-8-9-18-34)52-48(60)65-41-23-14-19-33(41)16-6-4-7-21-38-43(63-29-15-28-55-26-12-5-13-27-55)37-20-10-11-22-39(37)51-45(38)64-36/h3-4,7,10-11,20,22,33-36,40-42H,1,5-6,8-9,12-19,21,23-32H2,2H3,(H,52,60)(H,53,57)(H,54,59)/b7-4+/t33-,35-,36-,40+,41-,42+,50-/m1/s1. The van der Waals surface area contributed by atoms with E-state index < -0.39 is 68.2 Å². The first-order chi connectivity index (χ1) is 31.9. The number of pyridine rings is 1. The van der Waals surface area contributed by atoms with E-state index in [0.717, 1.165) is 94.8 Å². The van der Waals surface area contributed by atoms with E-state index in [2.05, 4.69) is 39.0 Å². The molecule has 2 aromatic rings. The van der Waals surface area contributed by atoms with Crippen LogP contribution >= 0.6 is 0 Å². The van der Waals surface area contributed by atoms with Gasteiger partial charge in [-0.1, -0.05) is 49.6 Å². The molecule has 7 atom stereocenters. The van der Waals surface area contributed by atoms with Crippen LogP contribution in [0, 0.1) is 17.8 Å². The number of amides is 4. The number of hydrogen-bond acceptors (Lipinski definition) is 11. The Morgan fingerprint density at radius 1 is 0.985 bits per heavy atom. The SMILES string of the molecule is C=C[C@@H]1C[C@]1(NC(=O)[C@@H]1C[C@@H]2CN1C(=O)[C@H](C1CCCC1)NC(=O)O[C@@H]1CCC[C@H]1CC/C=C/Cc1c(nc3ccccc3c1OCCCN1CCCCC1)O2)C(=O)NS(=O)(=O)C1(C)CC1. The molecule has 9 rings (SSSR count). The number of aromatic nitrogens is 1. The second-order valence-corrected chi connectivity index (χ2v) is 22.5. The molecule has 0 radical (unpaired) electrons. The van der Waals surface area contributed by atoms with Gasteiger partial charge in [0, 0.05) is 24.3 Å². The van der Waals surface area contributed by atoms with E-state index in [1.165, 1.54) is 24.2 Å². The van der Waals surface area contributed by atoms with Gasteiger partial charge in [0.25, 0.3) is 5.91 Å². The van der Waals surface area contributed by atoms with Crippen LogP contribution in [0.2, 0.25) is 0 Å². The quantitative estimate of drug-likeness (QED) is 0.162. The molecular weight excluding hydrogens is 861 g/mol. The second kappa shape index (κ2) is 19.5. The molecule has 66 heavy (non-hydrogen) atoms. The van der Waals surface area contributed by atoms with E-state index in [0.29, 0.717) is 43.0 Å². The summed E-state index contributed by atoms with van der Waals surface area (Å²) in [6, 6.07) is 5.75. The molecule has 358 valence electrons. The Balaban J connectivity index is 1.05. The maximum atomic E-state index is 15.1. The number of carbonyl (C=O) groups is 4. The van der Waals surface area contributed by atoms with Gasteiger partial charge in [-0.25, -0.2) is 18.2 Å². The normalized spacial score (nSPS) is 31.0. The van der Waals surface area contributed by atoms with Gasteiger partial charge in [-0.05, 0) is 134 Å². The van der Waals surface area contributed by atoms with Crippen LogP contribution < -0.4 is 24.8 Å². The average Bonchev–Trinajstić information content (AvgIpc) is 3.93. The zero-order valence-corrected chi connectivity index (χ0v) is 39.3. The van der Waals surface area contributed by atoms with Crippen molar-refractivity contribution in [3.8, 4) is 11.6 Å². The number of likely N-dealkylation sites (tertiary alicyclic amines) is 1. The summed E-state index contributed by atoms with van der Waals surface area (Å²) in [5.74, 6) is -1.33. The monoisotopic (exact) mass is 928 g/mol. The number of ether oxygens (including phenoxy) is 3. The highest BCUT2D eigenvalue weighted by Crippen LogP contribution is 2.47. The Hall–Kier alpha value is -4.70. The van der Waals surface area contributed by atoms with Gasteiger partial charge < -0.3 is 34.6 Å². The Labute approximate surface area is 389 Å². The van der Waals surface area contributed by atoms with Gasteiger partial charge in [0.15, 0.2) is 0 Å². The highest BCUT2D eigenvalue weighted by molar-refractivity contribution is 7.91. The van der Waals surface area contributed by atoms with Crippen molar-refractivity contribution in [1.82, 2.24) is 30.1 Å². The van der Waals surface area contributed by atoms with Crippen LogP contribution in [0.1, 0.15) is 122 Å². The zero-order chi connectivity index (χ0) is 46.1. The van der Waals surface area contributed by atoms with Gasteiger partial charge in [-0.15, -0.1) is 6.58 Å². The van der Waals surface area contributed by atoms with Crippen molar-refractivity contribution in [2.45, 2.75) is 157 Å². The van der Waals surface area contributed by atoms with E-state index >= 15 is 4.79 Å². The average molecular weight is 929 g/mol. The molecule has 4 amide bonds. The maximum absolute atomic E-state index is 15.1. The highest BCUT2D eigenvalue weighted by Gasteiger charge is 2.63. The van der Waals surface area contributed by atoms with Gasteiger partial charge in [0.2, 0.25) is 27.7 Å². The largest absolute Gasteiger partial charge is 0.492 e. The van der Waals surface area contributed by atoms with E-state index in [-0.39, 0.29) is 37.3 Å². The molecule has 7 aliphatic rings. The molecule has 0 spiro atoms. The van der Waals surface area contributed by atoms with Crippen LogP contribution in [0.4, 0.5) is 4.79 Å². The molecule has 0 unspecified atom stereocenters. The minimum atomic E-state index is -4.01. The maximum Gasteiger partial charge on any atom is 0.408 e. The van der Waals surface area contributed by atoms with E-state index in [4.69, 9.17) is 19.2 Å². The summed E-state index contributed by atoms with van der Waals surface area (Å²) in [6.45, 7) is 9.13. The first kappa shape index (κ1) is 46.4. The van der Waals surface area contributed by atoms with Crippen molar-refractivity contribution in [3.63, 3.8) is 0 Å². The number of piperidine rings is 1. The van der Waals surface area contributed by atoms with Crippen LogP contribution in [0.3, 0.4) is 0 Å². The molecule has 4 heterocycles. The Morgan fingerprint density at radius 2 is 1.76 bits per heavy atom. The first-order valence-corrected chi connectivity index (χ1v) is 26.2. The summed E-state index contributed by atoms with van der Waals surface area (Å²) in [4.78, 5) is 66.7. The molecule has 3 N–H and O–H groups in total. The van der Waals surface area contributed by atoms with Gasteiger partial charge in [-0.3, -0.25) is 19.1 Å². The fourth-order valence-corrected chi connectivity index (χ4v) is 12.5. The number of benzene rings is 1. The number of allylic oxidation sites excluding steroid dienone is 2. The molecule has 3 aliphatic heterocycles. The molecule has 4 saturated carbocycles. The number of sulfonamides is 1. The third-order valence-corrected chi connectivity index (χ3v) is 17.8. The zero-order valence-electron chi connectivity index (χ0n) is 38.5. The Bertz CT molecular complexity index is 2310. The summed E-state index contributed by atoms with van der Waals surface area (Å²) >= 11 is 0. The summed E-state index contributed by atoms with van der Waals surface area (Å²) in [5, 5.41) is 6.77. The molecule has 6 fully saturated rings. The number of para-hydroxylation sites is 1. The van der Waals surface area contributed by atoms with Crippen LogP contribution in [-0.2, 0) is 35.6 Å². The summed E-state index contributed by atoms with van der Waals surface area (Å²) in [5.41, 5.74) is -0.0976. The minimum Gasteiger partial charge on any atom is -0.492 e. The lowest BCUT2D eigenvalue weighted by Gasteiger charge is -2.32. The van der Waals surface area contributed by atoms with Crippen molar-refractivity contribution in [3.05, 3.63) is 54.6 Å². The van der Waals surface area contributed by atoms with Crippen molar-refractivity contribution in [2.24, 2.45) is 17.8 Å². The van der Waals surface area contributed by atoms with Crippen LogP contribution in [0.15, 0.2) is 49.1 Å². The Morgan fingerprint density at radius 3 is 2.52 bits per heavy atom. The molecule has 16 heteroatoms. The fourth-order valence-electron chi connectivity index (χ4n) is 11.2. The molecule has 1 aromatic carbocycles. The van der Waals surface area contributed by atoms with Crippen molar-refractivity contribution in [1.29, 1.82) is 0 Å². The molecule has 4 aliphatic carbocycles. The number of nitrogens with one attached hydrogen (secondary N) is 3. The van der Waals surface area contributed by atoms with Gasteiger partial charge in [-0.2, -0.15) is 0 Å². The number of nitrogens with zero attached hydrogens (tertiary/aromatic N) is 3. The van der Waals surface area contributed by atoms with E-state index in [1.54, 1.807) is 13.0 Å². The number of carbonyl (C=O) groups excluding carboxylic acids is 4. The lowest BCUT2D eigenvalue weighted by Crippen LogP contribution is -2.59. The van der Waals surface area contributed by atoms with E-state index in [9.17, 15) is 22.8 Å². The summed E-state index contributed by atoms with van der Waals surface area (Å²) < 4.78 is 47.5. The smallest absolute Gasteiger partial charge is 0.408 e. The minimum absolute atomic E-state index is 0.00576. The molecule has 15 nitrogen and oxygen atoms in total. The number of rotatable bonds is 12. The number of fused-ring (bicyclic) bond motifs is 5. The summed E-state index contributed by atoms with van der Waals surface area (Å²) in [7, 11) is -4.01. The van der Waals surface area contributed by atoms with Crippen molar-refractivity contribution >= 4 is 44.7 Å². The number of alkyl carbamates (subject to hydrolysis) is 1. The van der Waals surface area contributed by atoms with Gasteiger partial charge >= 0.3 is 6.09 Å². The molecule has 2 bridgehead atoms. The second-order valence-electron chi connectivity index (χ2n) is 20.3. The van der Waals surface area contributed by atoms with Crippen LogP contribution in [-0.4, -0.2) is 114 Å². The van der Waals surface area contributed by atoms with Crippen molar-refractivity contribution < 1.29 is 41.8 Å². The first-order valence-electron chi connectivity index (χ1n) is 24.8. The third-order valence-electron chi connectivity index (χ3n) is 15.7. The lowest BCUT2D eigenvalue weighted by atomic mass is 9.96. The topological polar surface area (TPSA) is 186 Å².